The molecular formula is C21H20N2O4. The lowest BCUT2D eigenvalue weighted by Gasteiger charge is -2.38. The van der Waals surface area contributed by atoms with E-state index < -0.39 is 0 Å². The highest BCUT2D eigenvalue weighted by Gasteiger charge is 2.39. The molecule has 0 fully saturated rings. The van der Waals surface area contributed by atoms with E-state index in [1.54, 1.807) is 12.1 Å². The van der Waals surface area contributed by atoms with Gasteiger partial charge in [0.25, 0.3) is 5.69 Å². The summed E-state index contributed by atoms with van der Waals surface area (Å²) in [4.78, 5) is 22.9. The quantitative estimate of drug-likeness (QED) is 0.375. The van der Waals surface area contributed by atoms with Crippen LogP contribution < -0.4 is 5.32 Å². The van der Waals surface area contributed by atoms with E-state index in [0.717, 1.165) is 28.8 Å². The predicted octanol–water partition coefficient (Wildman–Crippen LogP) is 4.52. The van der Waals surface area contributed by atoms with Gasteiger partial charge in [-0.3, -0.25) is 10.1 Å². The lowest BCUT2D eigenvalue weighted by molar-refractivity contribution is -0.384. The normalized spacial score (nSPS) is 22.5. The fourth-order valence-electron chi connectivity index (χ4n) is 4.31. The van der Waals surface area contributed by atoms with Crippen LogP contribution in [0.3, 0.4) is 0 Å². The summed E-state index contributed by atoms with van der Waals surface area (Å²) in [6.07, 6.45) is 5.27. The zero-order chi connectivity index (χ0) is 19.1. The van der Waals surface area contributed by atoms with Crippen LogP contribution in [0.2, 0.25) is 0 Å². The maximum Gasteiger partial charge on any atom is 0.338 e. The van der Waals surface area contributed by atoms with Gasteiger partial charge in [-0.2, -0.15) is 0 Å². The average molecular weight is 364 g/mol. The fourth-order valence-corrected chi connectivity index (χ4v) is 4.31. The van der Waals surface area contributed by atoms with E-state index in [4.69, 9.17) is 4.74 Å². The molecule has 1 N–H and O–H groups in total. The van der Waals surface area contributed by atoms with Gasteiger partial charge in [-0.25, -0.2) is 4.79 Å². The van der Waals surface area contributed by atoms with E-state index in [2.05, 4.69) is 17.5 Å². The summed E-state index contributed by atoms with van der Waals surface area (Å²) in [5.41, 5.74) is 4.41. The number of benzene rings is 2. The van der Waals surface area contributed by atoms with Gasteiger partial charge in [0.2, 0.25) is 0 Å². The van der Waals surface area contributed by atoms with Crippen molar-refractivity contribution in [3.63, 3.8) is 0 Å². The van der Waals surface area contributed by atoms with Crippen LogP contribution in [0.1, 0.15) is 45.4 Å². The minimum Gasteiger partial charge on any atom is -0.465 e. The number of fused-ring (bicyclic) bond motifs is 3. The van der Waals surface area contributed by atoms with Crippen molar-refractivity contribution in [1.82, 2.24) is 0 Å². The monoisotopic (exact) mass is 364 g/mol. The number of carbonyl (C=O) groups excluding carboxylic acids is 1. The standard InChI is InChI=1S/C21H20N2O4/c1-12-15(21(24)27-2)9-10-18-16-7-4-8-17(16)20(22-19(12)18)13-5-3-6-14(11-13)23(25)26/h3-7,9-11,16-17,20,22H,8H2,1-2H3/t16-,17+,20+/m0/s1. The maximum absolute atomic E-state index is 12.1. The molecule has 138 valence electrons. The van der Waals surface area contributed by atoms with Crippen molar-refractivity contribution in [2.75, 3.05) is 12.4 Å². The maximum atomic E-state index is 12.1. The van der Waals surface area contributed by atoms with Crippen LogP contribution in [0, 0.1) is 23.0 Å². The van der Waals surface area contributed by atoms with Crippen molar-refractivity contribution in [2.24, 2.45) is 5.92 Å². The molecule has 0 amide bonds. The Morgan fingerprint density at radius 1 is 1.30 bits per heavy atom. The number of methoxy groups -OCH3 is 1. The summed E-state index contributed by atoms with van der Waals surface area (Å²) < 4.78 is 4.89. The number of non-ortho nitro benzene ring substituents is 1. The number of nitrogens with zero attached hydrogens (tertiary/aromatic N) is 1. The van der Waals surface area contributed by atoms with Crippen molar-refractivity contribution in [1.29, 1.82) is 0 Å². The molecule has 1 heterocycles. The van der Waals surface area contributed by atoms with Crippen LogP contribution >= 0.6 is 0 Å². The molecule has 0 unspecified atom stereocenters. The molecule has 2 aromatic carbocycles. The van der Waals surface area contributed by atoms with Gasteiger partial charge in [0, 0.05) is 23.7 Å². The average Bonchev–Trinajstić information content (AvgIpc) is 3.17. The van der Waals surface area contributed by atoms with E-state index in [1.807, 2.05) is 25.1 Å². The largest absolute Gasteiger partial charge is 0.465 e. The van der Waals surface area contributed by atoms with Crippen LogP contribution in [-0.4, -0.2) is 18.0 Å². The number of ether oxygens (including phenoxy) is 1. The number of anilines is 1. The molecule has 0 saturated carbocycles. The van der Waals surface area contributed by atoms with Gasteiger partial charge >= 0.3 is 5.97 Å². The first kappa shape index (κ1) is 17.3. The number of nitro groups is 1. The van der Waals surface area contributed by atoms with Gasteiger partial charge in [0.15, 0.2) is 0 Å². The summed E-state index contributed by atoms with van der Waals surface area (Å²) in [6, 6.07) is 10.5. The van der Waals surface area contributed by atoms with Crippen LogP contribution in [-0.2, 0) is 4.74 Å². The number of esters is 1. The first-order valence-corrected chi connectivity index (χ1v) is 8.90. The summed E-state index contributed by atoms with van der Waals surface area (Å²) in [7, 11) is 1.37. The zero-order valence-electron chi connectivity index (χ0n) is 15.1. The SMILES string of the molecule is COC(=O)c1ccc2c(c1C)N[C@H](c1cccc([N+](=O)[O-])c1)[C@@H]1CC=C[C@H]21. The minimum absolute atomic E-state index is 0.0657. The lowest BCUT2D eigenvalue weighted by Crippen LogP contribution is -2.30. The Balaban J connectivity index is 1.81. The number of allylic oxidation sites excluding steroid dienone is 2. The second kappa shape index (κ2) is 6.54. The number of nitro benzene ring substituents is 1. The Bertz CT molecular complexity index is 967. The summed E-state index contributed by atoms with van der Waals surface area (Å²) in [6.45, 7) is 1.90. The number of rotatable bonds is 3. The number of hydrogen-bond acceptors (Lipinski definition) is 5. The number of carbonyl (C=O) groups is 1. The molecule has 0 spiro atoms. The molecular weight excluding hydrogens is 344 g/mol. The van der Waals surface area contributed by atoms with E-state index in [0.29, 0.717) is 5.56 Å². The Hall–Kier alpha value is -3.15. The number of hydrogen-bond donors (Lipinski definition) is 1. The Morgan fingerprint density at radius 3 is 2.85 bits per heavy atom. The first-order valence-electron chi connectivity index (χ1n) is 8.90. The zero-order valence-corrected chi connectivity index (χ0v) is 15.1. The van der Waals surface area contributed by atoms with Crippen molar-refractivity contribution in [3.8, 4) is 0 Å². The van der Waals surface area contributed by atoms with Gasteiger partial charge in [-0.1, -0.05) is 30.4 Å². The second-order valence-corrected chi connectivity index (χ2v) is 7.02. The lowest BCUT2D eigenvalue weighted by atomic mass is 9.76. The predicted molar refractivity (Wildman–Crippen MR) is 102 cm³/mol. The molecule has 0 radical (unpaired) electrons. The van der Waals surface area contributed by atoms with Gasteiger partial charge in [0.05, 0.1) is 23.6 Å². The Kier molecular flexibility index (Phi) is 4.18. The van der Waals surface area contributed by atoms with E-state index in [-0.39, 0.29) is 34.5 Å². The molecule has 0 bridgehead atoms. The molecule has 3 atom stereocenters. The third-order valence-electron chi connectivity index (χ3n) is 5.64. The molecule has 27 heavy (non-hydrogen) atoms. The van der Waals surface area contributed by atoms with E-state index >= 15 is 0 Å². The van der Waals surface area contributed by atoms with Crippen LogP contribution in [0.4, 0.5) is 11.4 Å². The van der Waals surface area contributed by atoms with E-state index in [9.17, 15) is 14.9 Å². The second-order valence-electron chi connectivity index (χ2n) is 7.02. The molecule has 4 rings (SSSR count). The first-order chi connectivity index (χ1) is 13.0. The molecule has 1 aliphatic carbocycles. The summed E-state index contributed by atoms with van der Waals surface area (Å²) in [5, 5.41) is 14.8. The van der Waals surface area contributed by atoms with Gasteiger partial charge in [0.1, 0.15) is 0 Å². The Labute approximate surface area is 157 Å². The third kappa shape index (κ3) is 2.77. The summed E-state index contributed by atoms with van der Waals surface area (Å²) in [5.74, 6) is 0.131. The van der Waals surface area contributed by atoms with Crippen molar-refractivity contribution >= 4 is 17.3 Å². The van der Waals surface area contributed by atoms with Gasteiger partial charge in [-0.05, 0) is 42.0 Å². The highest BCUT2D eigenvalue weighted by Crippen LogP contribution is 2.51. The molecule has 0 aromatic heterocycles. The molecule has 6 heteroatoms. The van der Waals surface area contributed by atoms with Crippen molar-refractivity contribution in [2.45, 2.75) is 25.3 Å². The number of nitrogens with one attached hydrogen (secondary N) is 1. The van der Waals surface area contributed by atoms with Crippen LogP contribution in [0.15, 0.2) is 48.6 Å². The highest BCUT2D eigenvalue weighted by atomic mass is 16.6. The third-order valence-corrected chi connectivity index (χ3v) is 5.64. The van der Waals surface area contributed by atoms with Crippen molar-refractivity contribution < 1.29 is 14.5 Å². The van der Waals surface area contributed by atoms with Crippen LogP contribution in [0.25, 0.3) is 0 Å². The molecule has 2 aliphatic rings. The van der Waals surface area contributed by atoms with Gasteiger partial charge < -0.3 is 10.1 Å². The smallest absolute Gasteiger partial charge is 0.338 e. The molecule has 0 saturated heterocycles. The van der Waals surface area contributed by atoms with Crippen molar-refractivity contribution in [3.05, 3.63) is 80.9 Å². The molecule has 6 nitrogen and oxygen atoms in total. The molecule has 1 aliphatic heterocycles. The van der Waals surface area contributed by atoms with Crippen LogP contribution in [0.5, 0.6) is 0 Å². The minimum atomic E-state index is -0.370. The fraction of sp³-hybridized carbons (Fsp3) is 0.286. The van der Waals surface area contributed by atoms with Gasteiger partial charge in [-0.15, -0.1) is 0 Å². The summed E-state index contributed by atoms with van der Waals surface area (Å²) >= 11 is 0. The topological polar surface area (TPSA) is 81.5 Å². The molecule has 2 aromatic rings. The Morgan fingerprint density at radius 2 is 2.11 bits per heavy atom. The van der Waals surface area contributed by atoms with E-state index in [1.165, 1.54) is 13.2 Å². The highest BCUT2D eigenvalue weighted by molar-refractivity contribution is 5.93.